The fourth-order valence-electron chi connectivity index (χ4n) is 1.15. The summed E-state index contributed by atoms with van der Waals surface area (Å²) in [6, 6.07) is 3.56. The number of amides is 1. The van der Waals surface area contributed by atoms with Crippen LogP contribution in [0.5, 0.6) is 5.75 Å². The van der Waals surface area contributed by atoms with E-state index >= 15 is 0 Å². The predicted octanol–water partition coefficient (Wildman–Crippen LogP) is 1.75. The van der Waals surface area contributed by atoms with Crippen molar-refractivity contribution in [2.24, 2.45) is 0 Å². The smallest absolute Gasteiger partial charge is 0.233 e. The van der Waals surface area contributed by atoms with Crippen LogP contribution in [0.2, 0.25) is 0 Å². The van der Waals surface area contributed by atoms with Crippen LogP contribution < -0.4 is 10.6 Å². The Balaban J connectivity index is 2.63. The van der Waals surface area contributed by atoms with E-state index in [4.69, 9.17) is 0 Å². The first-order valence-electron chi connectivity index (χ1n) is 4.62. The van der Waals surface area contributed by atoms with Gasteiger partial charge < -0.3 is 15.7 Å². The lowest BCUT2D eigenvalue weighted by Crippen LogP contribution is -2.30. The number of aromatic hydroxyl groups is 1. The molecule has 4 nitrogen and oxygen atoms in total. The number of phenols is 1. The van der Waals surface area contributed by atoms with Crippen molar-refractivity contribution in [1.82, 2.24) is 10.6 Å². The Kier molecular flexibility index (Phi) is 5.24. The minimum Gasteiger partial charge on any atom is -0.506 e. The van der Waals surface area contributed by atoms with Crippen LogP contribution in [-0.4, -0.2) is 24.6 Å². The molecule has 1 rings (SSSR count). The average Bonchev–Trinajstić information content (AvgIpc) is 2.24. The largest absolute Gasteiger partial charge is 0.506 e. The van der Waals surface area contributed by atoms with Crippen molar-refractivity contribution < 1.29 is 9.90 Å². The van der Waals surface area contributed by atoms with E-state index in [-0.39, 0.29) is 18.2 Å². The molecule has 0 radical (unpaired) electrons. The van der Waals surface area contributed by atoms with Gasteiger partial charge in [-0.15, -0.1) is 0 Å². The third-order valence-electron chi connectivity index (χ3n) is 1.99. The minimum atomic E-state index is -0.0893. The molecule has 1 aromatic carbocycles. The molecular weight excluding hydrogens is 340 g/mol. The SMILES string of the molecule is CNC(=O)CNCc1cc(Br)cc(Br)c1O. The highest BCUT2D eigenvalue weighted by Gasteiger charge is 2.07. The number of phenolic OH excluding ortho intramolecular Hbond substituents is 1. The second kappa shape index (κ2) is 6.22. The van der Waals surface area contributed by atoms with Gasteiger partial charge in [0.2, 0.25) is 5.91 Å². The maximum absolute atomic E-state index is 11.0. The van der Waals surface area contributed by atoms with Gasteiger partial charge in [0, 0.05) is 23.6 Å². The fraction of sp³-hybridized carbons (Fsp3) is 0.300. The molecular formula is C10H12Br2N2O2. The summed E-state index contributed by atoms with van der Waals surface area (Å²) in [6.07, 6.45) is 0. The second-order valence-electron chi connectivity index (χ2n) is 3.17. The molecule has 0 aliphatic heterocycles. The molecule has 88 valence electrons. The van der Waals surface area contributed by atoms with E-state index < -0.39 is 0 Å². The van der Waals surface area contributed by atoms with Crippen molar-refractivity contribution in [2.75, 3.05) is 13.6 Å². The second-order valence-corrected chi connectivity index (χ2v) is 4.94. The van der Waals surface area contributed by atoms with Crippen molar-refractivity contribution in [1.29, 1.82) is 0 Å². The van der Waals surface area contributed by atoms with Crippen LogP contribution in [0.4, 0.5) is 0 Å². The van der Waals surface area contributed by atoms with E-state index in [9.17, 15) is 9.90 Å². The van der Waals surface area contributed by atoms with Crippen LogP contribution in [0.1, 0.15) is 5.56 Å². The van der Waals surface area contributed by atoms with Crippen molar-refractivity contribution in [2.45, 2.75) is 6.54 Å². The molecule has 1 amide bonds. The standard InChI is InChI=1S/C10H12Br2N2O2/c1-13-9(15)5-14-4-6-2-7(11)3-8(12)10(6)16/h2-3,14,16H,4-5H2,1H3,(H,13,15). The monoisotopic (exact) mass is 350 g/mol. The lowest BCUT2D eigenvalue weighted by molar-refractivity contribution is -0.119. The van der Waals surface area contributed by atoms with Gasteiger partial charge in [-0.1, -0.05) is 15.9 Å². The first-order chi connectivity index (χ1) is 7.54. The van der Waals surface area contributed by atoms with Gasteiger partial charge in [0.1, 0.15) is 5.75 Å². The summed E-state index contributed by atoms with van der Waals surface area (Å²) in [4.78, 5) is 11.0. The lowest BCUT2D eigenvalue weighted by atomic mass is 10.2. The molecule has 1 aromatic rings. The summed E-state index contributed by atoms with van der Waals surface area (Å²) in [7, 11) is 1.58. The molecule has 0 heterocycles. The molecule has 3 N–H and O–H groups in total. The molecule has 0 bridgehead atoms. The molecule has 0 spiro atoms. The summed E-state index contributed by atoms with van der Waals surface area (Å²) in [5, 5.41) is 15.2. The molecule has 0 fully saturated rings. The van der Waals surface area contributed by atoms with E-state index in [1.165, 1.54) is 0 Å². The zero-order chi connectivity index (χ0) is 12.1. The topological polar surface area (TPSA) is 61.4 Å². The van der Waals surface area contributed by atoms with E-state index in [0.717, 1.165) is 10.0 Å². The van der Waals surface area contributed by atoms with Crippen molar-refractivity contribution in [3.05, 3.63) is 26.6 Å². The van der Waals surface area contributed by atoms with Crippen molar-refractivity contribution in [3.8, 4) is 5.75 Å². The number of likely N-dealkylation sites (N-methyl/N-ethyl adjacent to an activating group) is 1. The normalized spacial score (nSPS) is 10.2. The quantitative estimate of drug-likeness (QED) is 0.774. The number of benzene rings is 1. The van der Waals surface area contributed by atoms with Gasteiger partial charge in [-0.05, 0) is 28.1 Å². The Morgan fingerprint density at radius 2 is 2.12 bits per heavy atom. The van der Waals surface area contributed by atoms with Crippen LogP contribution in [0.15, 0.2) is 21.1 Å². The highest BCUT2D eigenvalue weighted by molar-refractivity contribution is 9.11. The van der Waals surface area contributed by atoms with Crippen LogP contribution >= 0.6 is 31.9 Å². The molecule has 0 aromatic heterocycles. The first-order valence-corrected chi connectivity index (χ1v) is 6.21. The van der Waals surface area contributed by atoms with Gasteiger partial charge >= 0.3 is 0 Å². The van der Waals surface area contributed by atoms with Gasteiger partial charge in [-0.3, -0.25) is 4.79 Å². The molecule has 0 aliphatic carbocycles. The molecule has 0 aliphatic rings. The molecule has 0 unspecified atom stereocenters. The summed E-state index contributed by atoms with van der Waals surface area (Å²) >= 11 is 6.58. The number of hydrogen-bond donors (Lipinski definition) is 3. The van der Waals surface area contributed by atoms with Gasteiger partial charge in [0.05, 0.1) is 11.0 Å². The maximum Gasteiger partial charge on any atom is 0.233 e. The van der Waals surface area contributed by atoms with E-state index in [0.29, 0.717) is 11.0 Å². The van der Waals surface area contributed by atoms with Gasteiger partial charge in [-0.25, -0.2) is 0 Å². The number of nitrogens with one attached hydrogen (secondary N) is 2. The third-order valence-corrected chi connectivity index (χ3v) is 3.05. The van der Waals surface area contributed by atoms with Crippen LogP contribution in [0.3, 0.4) is 0 Å². The van der Waals surface area contributed by atoms with E-state index in [2.05, 4.69) is 42.5 Å². The Bertz CT molecular complexity index is 397. The number of halogens is 2. The Labute approximate surface area is 111 Å². The predicted molar refractivity (Wildman–Crippen MR) is 69.3 cm³/mol. The van der Waals surface area contributed by atoms with E-state index in [1.54, 1.807) is 19.2 Å². The lowest BCUT2D eigenvalue weighted by Gasteiger charge is -2.08. The Morgan fingerprint density at radius 3 is 2.75 bits per heavy atom. The molecule has 0 saturated carbocycles. The first kappa shape index (κ1) is 13.5. The highest BCUT2D eigenvalue weighted by Crippen LogP contribution is 2.31. The van der Waals surface area contributed by atoms with Gasteiger partial charge in [0.15, 0.2) is 0 Å². The van der Waals surface area contributed by atoms with E-state index in [1.807, 2.05) is 0 Å². The summed E-state index contributed by atoms with van der Waals surface area (Å²) in [5.74, 6) is 0.0983. The van der Waals surface area contributed by atoms with Gasteiger partial charge in [0.25, 0.3) is 0 Å². The molecule has 0 saturated heterocycles. The van der Waals surface area contributed by atoms with Gasteiger partial charge in [-0.2, -0.15) is 0 Å². The number of carbonyl (C=O) groups is 1. The number of carbonyl (C=O) groups excluding carboxylic acids is 1. The third kappa shape index (κ3) is 3.77. The maximum atomic E-state index is 11.0. The van der Waals surface area contributed by atoms with Crippen molar-refractivity contribution >= 4 is 37.8 Å². The Morgan fingerprint density at radius 1 is 1.44 bits per heavy atom. The average molecular weight is 352 g/mol. The zero-order valence-electron chi connectivity index (χ0n) is 8.68. The van der Waals surface area contributed by atoms with Crippen molar-refractivity contribution in [3.63, 3.8) is 0 Å². The Hall–Kier alpha value is -0.590. The molecule has 0 atom stereocenters. The minimum absolute atomic E-state index is 0.0893. The zero-order valence-corrected chi connectivity index (χ0v) is 11.9. The molecule has 16 heavy (non-hydrogen) atoms. The number of hydrogen-bond acceptors (Lipinski definition) is 3. The van der Waals surface area contributed by atoms with Crippen LogP contribution in [0.25, 0.3) is 0 Å². The fourth-order valence-corrected chi connectivity index (χ4v) is 2.47. The highest BCUT2D eigenvalue weighted by atomic mass is 79.9. The summed E-state index contributed by atoms with van der Waals surface area (Å²) < 4.78 is 1.49. The number of rotatable bonds is 4. The van der Waals surface area contributed by atoms with Crippen LogP contribution in [0, 0.1) is 0 Å². The molecule has 6 heteroatoms. The van der Waals surface area contributed by atoms with Crippen LogP contribution in [-0.2, 0) is 11.3 Å². The summed E-state index contributed by atoms with van der Waals surface area (Å²) in [6.45, 7) is 0.650. The summed E-state index contributed by atoms with van der Waals surface area (Å²) in [5.41, 5.74) is 0.727.